The number of H-pyrrole nitrogens is 1. The molecular weight excluding hydrogens is 286 g/mol. The average Bonchev–Trinajstić information content (AvgIpc) is 3.24. The van der Waals surface area contributed by atoms with Crippen molar-refractivity contribution in [1.29, 1.82) is 0 Å². The maximum absolute atomic E-state index is 12.5. The molecule has 4 heteroatoms. The van der Waals surface area contributed by atoms with Gasteiger partial charge in [-0.1, -0.05) is 36.8 Å². The Hall–Kier alpha value is -2.10. The highest BCUT2D eigenvalue weighted by Crippen LogP contribution is 2.32. The predicted molar refractivity (Wildman–Crippen MR) is 91.0 cm³/mol. The summed E-state index contributed by atoms with van der Waals surface area (Å²) in [5, 5.41) is 0. The van der Waals surface area contributed by atoms with Crippen LogP contribution in [0.3, 0.4) is 0 Å². The molecule has 23 heavy (non-hydrogen) atoms. The minimum absolute atomic E-state index is 0.240. The van der Waals surface area contributed by atoms with Crippen LogP contribution in [0.2, 0.25) is 0 Å². The molecule has 0 saturated heterocycles. The summed E-state index contributed by atoms with van der Waals surface area (Å²) in [6.07, 6.45) is 9.38. The standard InChI is InChI=1S/C19H25N3O/c1-22(19(23)11-10-17-13-20-14-21-17)18-9-5-8-16(18)12-15-6-3-2-4-7-15/h2-4,6-7,13-14,16,18H,5,8-12H2,1H3,(H,20,21). The molecule has 1 heterocycles. The number of carbonyl (C=O) groups is 1. The van der Waals surface area contributed by atoms with E-state index in [2.05, 4.69) is 40.3 Å². The Balaban J connectivity index is 1.56. The molecule has 0 radical (unpaired) electrons. The maximum atomic E-state index is 12.5. The zero-order valence-corrected chi connectivity index (χ0v) is 13.7. The van der Waals surface area contributed by atoms with Gasteiger partial charge in [0.05, 0.1) is 6.33 Å². The second-order valence-electron chi connectivity index (χ2n) is 6.53. The topological polar surface area (TPSA) is 49.0 Å². The minimum atomic E-state index is 0.240. The Morgan fingerprint density at radius 1 is 1.30 bits per heavy atom. The quantitative estimate of drug-likeness (QED) is 0.890. The highest BCUT2D eigenvalue weighted by atomic mass is 16.2. The number of hydrogen-bond donors (Lipinski definition) is 1. The normalized spacial score (nSPS) is 20.6. The number of imidazole rings is 1. The third-order valence-corrected chi connectivity index (χ3v) is 5.01. The first kappa shape index (κ1) is 15.8. The zero-order chi connectivity index (χ0) is 16.1. The van der Waals surface area contributed by atoms with Crippen molar-refractivity contribution in [1.82, 2.24) is 14.9 Å². The van der Waals surface area contributed by atoms with Gasteiger partial charge < -0.3 is 9.88 Å². The van der Waals surface area contributed by atoms with Gasteiger partial charge in [0, 0.05) is 31.4 Å². The SMILES string of the molecule is CN(C(=O)CCc1cnc[nH]1)C1CCCC1Cc1ccccc1. The molecule has 1 aliphatic rings. The van der Waals surface area contributed by atoms with Crippen molar-refractivity contribution >= 4 is 5.91 Å². The molecule has 0 bridgehead atoms. The molecule has 2 aromatic rings. The summed E-state index contributed by atoms with van der Waals surface area (Å²) in [6, 6.07) is 11.0. The number of aromatic amines is 1. The van der Waals surface area contributed by atoms with E-state index in [1.165, 1.54) is 18.4 Å². The van der Waals surface area contributed by atoms with Gasteiger partial charge in [-0.15, -0.1) is 0 Å². The van der Waals surface area contributed by atoms with Crippen molar-refractivity contribution in [2.75, 3.05) is 7.05 Å². The minimum Gasteiger partial charge on any atom is -0.348 e. The van der Waals surface area contributed by atoms with Crippen LogP contribution in [0.15, 0.2) is 42.9 Å². The molecule has 1 saturated carbocycles. The van der Waals surface area contributed by atoms with E-state index >= 15 is 0 Å². The van der Waals surface area contributed by atoms with Crippen LogP contribution < -0.4 is 0 Å². The molecular formula is C19H25N3O. The second kappa shape index (κ2) is 7.44. The van der Waals surface area contributed by atoms with Crippen molar-refractivity contribution in [3.05, 3.63) is 54.1 Å². The summed E-state index contributed by atoms with van der Waals surface area (Å²) in [7, 11) is 1.98. The lowest BCUT2D eigenvalue weighted by atomic mass is 9.93. The van der Waals surface area contributed by atoms with E-state index in [0.29, 0.717) is 18.4 Å². The van der Waals surface area contributed by atoms with Crippen LogP contribution in [0, 0.1) is 5.92 Å². The molecule has 1 amide bonds. The summed E-state index contributed by atoms with van der Waals surface area (Å²) in [4.78, 5) is 21.6. The van der Waals surface area contributed by atoms with Crippen LogP contribution in [0.4, 0.5) is 0 Å². The number of rotatable bonds is 6. The summed E-state index contributed by atoms with van der Waals surface area (Å²) in [6.45, 7) is 0. The van der Waals surface area contributed by atoms with Gasteiger partial charge in [-0.3, -0.25) is 4.79 Å². The molecule has 4 nitrogen and oxygen atoms in total. The summed E-state index contributed by atoms with van der Waals surface area (Å²) in [5.41, 5.74) is 2.40. The Bertz CT molecular complexity index is 609. The number of benzene rings is 1. The van der Waals surface area contributed by atoms with Gasteiger partial charge in [0.1, 0.15) is 0 Å². The van der Waals surface area contributed by atoms with E-state index in [4.69, 9.17) is 0 Å². The van der Waals surface area contributed by atoms with Gasteiger partial charge in [-0.05, 0) is 37.2 Å². The first-order chi connectivity index (χ1) is 11.2. The lowest BCUT2D eigenvalue weighted by Crippen LogP contribution is -2.40. The fourth-order valence-electron chi connectivity index (χ4n) is 3.71. The van der Waals surface area contributed by atoms with Gasteiger partial charge in [0.15, 0.2) is 0 Å². The molecule has 0 spiro atoms. The fourth-order valence-corrected chi connectivity index (χ4v) is 3.71. The third-order valence-electron chi connectivity index (χ3n) is 5.01. The molecule has 1 aliphatic carbocycles. The number of carbonyl (C=O) groups excluding carboxylic acids is 1. The smallest absolute Gasteiger partial charge is 0.222 e. The van der Waals surface area contributed by atoms with Crippen molar-refractivity contribution in [2.45, 2.75) is 44.6 Å². The molecule has 1 fully saturated rings. The Morgan fingerprint density at radius 2 is 2.13 bits per heavy atom. The number of nitrogens with one attached hydrogen (secondary N) is 1. The summed E-state index contributed by atoms with van der Waals surface area (Å²) in [5.74, 6) is 0.822. The van der Waals surface area contributed by atoms with E-state index in [1.807, 2.05) is 11.9 Å². The zero-order valence-electron chi connectivity index (χ0n) is 13.7. The van der Waals surface area contributed by atoms with Gasteiger partial charge in [-0.2, -0.15) is 0 Å². The van der Waals surface area contributed by atoms with Crippen LogP contribution in [0.1, 0.15) is 36.9 Å². The second-order valence-corrected chi connectivity index (χ2v) is 6.53. The number of amides is 1. The van der Waals surface area contributed by atoms with Gasteiger partial charge in [-0.25, -0.2) is 4.98 Å². The summed E-state index contributed by atoms with van der Waals surface area (Å²) >= 11 is 0. The van der Waals surface area contributed by atoms with Crippen molar-refractivity contribution in [3.63, 3.8) is 0 Å². The van der Waals surface area contributed by atoms with Gasteiger partial charge >= 0.3 is 0 Å². The Morgan fingerprint density at radius 3 is 2.87 bits per heavy atom. The molecule has 0 aliphatic heterocycles. The van der Waals surface area contributed by atoms with Crippen LogP contribution >= 0.6 is 0 Å². The predicted octanol–water partition coefficient (Wildman–Crippen LogP) is 3.21. The average molecular weight is 311 g/mol. The molecule has 122 valence electrons. The number of aromatic nitrogens is 2. The van der Waals surface area contributed by atoms with Crippen molar-refractivity contribution in [3.8, 4) is 0 Å². The lowest BCUT2D eigenvalue weighted by molar-refractivity contribution is -0.132. The monoisotopic (exact) mass is 311 g/mol. The van der Waals surface area contributed by atoms with Gasteiger partial charge in [0.25, 0.3) is 0 Å². The van der Waals surface area contributed by atoms with E-state index < -0.39 is 0 Å². The molecule has 2 atom stereocenters. The highest BCUT2D eigenvalue weighted by molar-refractivity contribution is 5.76. The molecule has 1 aromatic carbocycles. The van der Waals surface area contributed by atoms with Gasteiger partial charge in [0.2, 0.25) is 5.91 Å². The van der Waals surface area contributed by atoms with E-state index in [0.717, 1.165) is 25.0 Å². The molecule has 1 aromatic heterocycles. The lowest BCUT2D eigenvalue weighted by Gasteiger charge is -2.30. The van der Waals surface area contributed by atoms with Crippen LogP contribution in [-0.4, -0.2) is 33.9 Å². The largest absolute Gasteiger partial charge is 0.348 e. The Labute approximate surface area is 137 Å². The maximum Gasteiger partial charge on any atom is 0.222 e. The fraction of sp³-hybridized carbons (Fsp3) is 0.474. The third kappa shape index (κ3) is 4.01. The first-order valence-electron chi connectivity index (χ1n) is 8.51. The van der Waals surface area contributed by atoms with Crippen LogP contribution in [-0.2, 0) is 17.6 Å². The van der Waals surface area contributed by atoms with E-state index in [-0.39, 0.29) is 5.91 Å². The van der Waals surface area contributed by atoms with E-state index in [1.54, 1.807) is 12.5 Å². The van der Waals surface area contributed by atoms with E-state index in [9.17, 15) is 4.79 Å². The molecule has 2 unspecified atom stereocenters. The van der Waals surface area contributed by atoms with Crippen molar-refractivity contribution < 1.29 is 4.79 Å². The van der Waals surface area contributed by atoms with Crippen LogP contribution in [0.25, 0.3) is 0 Å². The van der Waals surface area contributed by atoms with Crippen LogP contribution in [0.5, 0.6) is 0 Å². The first-order valence-corrected chi connectivity index (χ1v) is 8.51. The summed E-state index contributed by atoms with van der Waals surface area (Å²) < 4.78 is 0. The van der Waals surface area contributed by atoms with Crippen molar-refractivity contribution in [2.24, 2.45) is 5.92 Å². The number of hydrogen-bond acceptors (Lipinski definition) is 2. The Kier molecular flexibility index (Phi) is 5.11. The molecule has 1 N–H and O–H groups in total. The number of nitrogens with zero attached hydrogens (tertiary/aromatic N) is 2. The number of aryl methyl sites for hydroxylation is 1. The molecule has 3 rings (SSSR count). The highest BCUT2D eigenvalue weighted by Gasteiger charge is 2.32.